The SMILES string of the molecule is N#CC(C#N)=C(C#N)Nc1cccc(OCCCl)c1. The van der Waals surface area contributed by atoms with Crippen molar-refractivity contribution in [2.45, 2.75) is 0 Å². The molecule has 94 valence electrons. The van der Waals surface area contributed by atoms with Gasteiger partial charge in [-0.05, 0) is 12.1 Å². The summed E-state index contributed by atoms with van der Waals surface area (Å²) in [6.45, 7) is 0.369. The number of nitrogens with one attached hydrogen (secondary N) is 1. The molecule has 1 N–H and O–H groups in total. The van der Waals surface area contributed by atoms with Crippen LogP contribution in [-0.4, -0.2) is 12.5 Å². The van der Waals surface area contributed by atoms with Gasteiger partial charge in [0.05, 0.1) is 5.88 Å². The van der Waals surface area contributed by atoms with E-state index >= 15 is 0 Å². The van der Waals surface area contributed by atoms with Crippen molar-refractivity contribution >= 4 is 17.3 Å². The van der Waals surface area contributed by atoms with Crippen molar-refractivity contribution < 1.29 is 4.74 Å². The fraction of sp³-hybridized carbons (Fsp3) is 0.154. The van der Waals surface area contributed by atoms with E-state index in [2.05, 4.69) is 5.32 Å². The van der Waals surface area contributed by atoms with Crippen molar-refractivity contribution in [2.75, 3.05) is 17.8 Å². The number of ether oxygens (including phenoxy) is 1. The van der Waals surface area contributed by atoms with E-state index in [4.69, 9.17) is 32.1 Å². The molecule has 1 aromatic carbocycles. The highest BCUT2D eigenvalue weighted by Crippen LogP contribution is 2.19. The summed E-state index contributed by atoms with van der Waals surface area (Å²) in [6, 6.07) is 11.9. The Morgan fingerprint density at radius 2 is 1.95 bits per heavy atom. The quantitative estimate of drug-likeness (QED) is 0.657. The topological polar surface area (TPSA) is 92.6 Å². The number of hydrogen-bond acceptors (Lipinski definition) is 5. The van der Waals surface area contributed by atoms with Gasteiger partial charge in [0.15, 0.2) is 5.57 Å². The summed E-state index contributed by atoms with van der Waals surface area (Å²) in [7, 11) is 0. The summed E-state index contributed by atoms with van der Waals surface area (Å²) in [5.74, 6) is 0.951. The molecule has 0 aliphatic carbocycles. The van der Waals surface area contributed by atoms with Gasteiger partial charge in [-0.3, -0.25) is 0 Å². The van der Waals surface area contributed by atoms with Crippen LogP contribution in [-0.2, 0) is 0 Å². The summed E-state index contributed by atoms with van der Waals surface area (Å²) < 4.78 is 5.32. The van der Waals surface area contributed by atoms with E-state index < -0.39 is 0 Å². The molecule has 1 aromatic rings. The zero-order chi connectivity index (χ0) is 14.1. The van der Waals surface area contributed by atoms with Crippen LogP contribution in [0.3, 0.4) is 0 Å². The highest BCUT2D eigenvalue weighted by atomic mass is 35.5. The number of nitriles is 3. The number of anilines is 1. The Balaban J connectivity index is 2.95. The molecule has 0 radical (unpaired) electrons. The molecule has 0 spiro atoms. The van der Waals surface area contributed by atoms with E-state index in [1.807, 2.05) is 0 Å². The summed E-state index contributed by atoms with van der Waals surface area (Å²) in [6.07, 6.45) is 0. The maximum absolute atomic E-state index is 8.91. The van der Waals surface area contributed by atoms with Gasteiger partial charge < -0.3 is 10.1 Å². The predicted octanol–water partition coefficient (Wildman–Crippen LogP) is 2.54. The second kappa shape index (κ2) is 7.61. The third-order valence-corrected chi connectivity index (χ3v) is 2.19. The van der Waals surface area contributed by atoms with Crippen molar-refractivity contribution in [3.8, 4) is 24.0 Å². The Bertz CT molecular complexity index is 588. The molecular formula is C13H9ClN4O. The fourth-order valence-corrected chi connectivity index (χ4v) is 1.32. The van der Waals surface area contributed by atoms with Crippen molar-refractivity contribution in [3.05, 3.63) is 35.5 Å². The molecule has 19 heavy (non-hydrogen) atoms. The van der Waals surface area contributed by atoms with Crippen molar-refractivity contribution in [2.24, 2.45) is 0 Å². The van der Waals surface area contributed by atoms with Crippen LogP contribution in [0.2, 0.25) is 0 Å². The fourth-order valence-electron chi connectivity index (χ4n) is 1.25. The normalized spacial score (nSPS) is 8.53. The minimum atomic E-state index is -0.269. The number of alkyl halides is 1. The first kappa shape index (κ1) is 14.4. The minimum Gasteiger partial charge on any atom is -0.492 e. The van der Waals surface area contributed by atoms with Gasteiger partial charge in [0.2, 0.25) is 0 Å². The molecule has 0 fully saturated rings. The minimum absolute atomic E-state index is 0.0977. The van der Waals surface area contributed by atoms with Crippen LogP contribution >= 0.6 is 11.6 Å². The Morgan fingerprint density at radius 1 is 1.21 bits per heavy atom. The third-order valence-electron chi connectivity index (χ3n) is 2.03. The lowest BCUT2D eigenvalue weighted by Gasteiger charge is -2.08. The standard InChI is InChI=1S/C13H9ClN4O/c14-4-5-19-12-3-1-2-11(6-12)18-13(9-17)10(7-15)8-16/h1-3,6,18H,4-5H2. The van der Waals surface area contributed by atoms with E-state index in [0.717, 1.165) is 0 Å². The molecule has 0 aliphatic heterocycles. The Morgan fingerprint density at radius 3 is 2.53 bits per heavy atom. The Hall–Kier alpha value is -2.68. The second-order valence-corrected chi connectivity index (χ2v) is 3.65. The molecule has 6 heteroatoms. The predicted molar refractivity (Wildman–Crippen MR) is 70.1 cm³/mol. The molecule has 5 nitrogen and oxygen atoms in total. The van der Waals surface area contributed by atoms with Crippen LogP contribution in [0.5, 0.6) is 5.75 Å². The average molecular weight is 273 g/mol. The Kier molecular flexibility index (Phi) is 5.76. The monoisotopic (exact) mass is 272 g/mol. The molecule has 0 amide bonds. The molecule has 0 unspecified atom stereocenters. The van der Waals surface area contributed by atoms with Crippen LogP contribution in [0.25, 0.3) is 0 Å². The molecule has 0 atom stereocenters. The van der Waals surface area contributed by atoms with Crippen LogP contribution in [0.1, 0.15) is 0 Å². The van der Waals surface area contributed by atoms with E-state index in [1.165, 1.54) is 0 Å². The molecule has 0 aliphatic rings. The van der Waals surface area contributed by atoms with Gasteiger partial charge in [-0.2, -0.15) is 15.8 Å². The molecule has 0 aromatic heterocycles. The second-order valence-electron chi connectivity index (χ2n) is 3.28. The highest BCUT2D eigenvalue weighted by molar-refractivity contribution is 6.18. The maximum Gasteiger partial charge on any atom is 0.163 e. The first-order valence-corrected chi connectivity index (χ1v) is 5.79. The molecule has 0 saturated carbocycles. The van der Waals surface area contributed by atoms with Crippen LogP contribution < -0.4 is 10.1 Å². The summed E-state index contributed by atoms with van der Waals surface area (Å²) in [4.78, 5) is 0. The van der Waals surface area contributed by atoms with E-state index in [1.54, 1.807) is 42.5 Å². The van der Waals surface area contributed by atoms with E-state index in [9.17, 15) is 0 Å². The summed E-state index contributed by atoms with van der Waals surface area (Å²) in [5.41, 5.74) is 0.181. The number of halogens is 1. The van der Waals surface area contributed by atoms with Crippen molar-refractivity contribution in [3.63, 3.8) is 0 Å². The van der Waals surface area contributed by atoms with Gasteiger partial charge in [0.1, 0.15) is 36.3 Å². The number of allylic oxidation sites excluding steroid dienone is 2. The number of rotatable bonds is 5. The zero-order valence-corrected chi connectivity index (χ0v) is 10.6. The molecule has 0 bridgehead atoms. The lowest BCUT2D eigenvalue weighted by molar-refractivity contribution is 0.343. The lowest BCUT2D eigenvalue weighted by Crippen LogP contribution is -2.02. The summed E-state index contributed by atoms with van der Waals surface area (Å²) >= 11 is 5.51. The van der Waals surface area contributed by atoms with E-state index in [-0.39, 0.29) is 11.3 Å². The number of benzene rings is 1. The van der Waals surface area contributed by atoms with Gasteiger partial charge in [-0.15, -0.1) is 11.6 Å². The van der Waals surface area contributed by atoms with Crippen molar-refractivity contribution in [1.82, 2.24) is 0 Å². The van der Waals surface area contributed by atoms with Gasteiger partial charge in [-0.25, -0.2) is 0 Å². The molecule has 1 rings (SSSR count). The molecular weight excluding hydrogens is 264 g/mol. The van der Waals surface area contributed by atoms with Gasteiger partial charge in [-0.1, -0.05) is 6.07 Å². The average Bonchev–Trinajstić information content (AvgIpc) is 2.45. The van der Waals surface area contributed by atoms with Crippen LogP contribution in [0, 0.1) is 34.0 Å². The number of nitrogens with zero attached hydrogens (tertiary/aromatic N) is 3. The van der Waals surface area contributed by atoms with Crippen molar-refractivity contribution in [1.29, 1.82) is 15.8 Å². The molecule has 0 saturated heterocycles. The van der Waals surface area contributed by atoms with Gasteiger partial charge in [0, 0.05) is 11.8 Å². The summed E-state index contributed by atoms with van der Waals surface area (Å²) in [5, 5.41) is 29.0. The smallest absolute Gasteiger partial charge is 0.163 e. The van der Waals surface area contributed by atoms with Gasteiger partial charge >= 0.3 is 0 Å². The lowest BCUT2D eigenvalue weighted by atomic mass is 10.2. The maximum atomic E-state index is 8.91. The molecule has 0 heterocycles. The van der Waals surface area contributed by atoms with Gasteiger partial charge in [0.25, 0.3) is 0 Å². The first-order valence-electron chi connectivity index (χ1n) is 5.25. The zero-order valence-electron chi connectivity index (χ0n) is 9.85. The van der Waals surface area contributed by atoms with Crippen LogP contribution in [0.15, 0.2) is 35.5 Å². The Labute approximate surface area is 115 Å². The van der Waals surface area contributed by atoms with E-state index in [0.29, 0.717) is 23.9 Å². The first-order chi connectivity index (χ1) is 9.24. The third kappa shape index (κ3) is 4.24. The number of hydrogen-bond donors (Lipinski definition) is 1. The highest BCUT2D eigenvalue weighted by Gasteiger charge is 2.06. The largest absolute Gasteiger partial charge is 0.492 e. The van der Waals surface area contributed by atoms with Crippen LogP contribution in [0.4, 0.5) is 5.69 Å².